The summed E-state index contributed by atoms with van der Waals surface area (Å²) in [6.07, 6.45) is 1.48. The maximum Gasteiger partial charge on any atom is 0.272 e. The average molecular weight is 355 g/mol. The lowest BCUT2D eigenvalue weighted by Gasteiger charge is -2.26. The van der Waals surface area contributed by atoms with Crippen LogP contribution in [0.2, 0.25) is 0 Å². The Morgan fingerprint density at radius 3 is 2.77 bits per heavy atom. The lowest BCUT2D eigenvalue weighted by molar-refractivity contribution is 0.0299. The summed E-state index contributed by atoms with van der Waals surface area (Å²) in [5.74, 6) is 0.257. The summed E-state index contributed by atoms with van der Waals surface area (Å²) in [6.45, 7) is 2.43. The molecular formula is C19H21N3O4. The number of rotatable bonds is 5. The second-order valence-electron chi connectivity index (χ2n) is 5.83. The molecule has 1 saturated heterocycles. The van der Waals surface area contributed by atoms with E-state index in [1.165, 1.54) is 12.3 Å². The molecule has 2 aromatic rings. The molecule has 2 amide bonds. The second-order valence-corrected chi connectivity index (χ2v) is 5.83. The van der Waals surface area contributed by atoms with Gasteiger partial charge in [0.25, 0.3) is 11.8 Å². The quantitative estimate of drug-likeness (QED) is 0.879. The van der Waals surface area contributed by atoms with Crippen molar-refractivity contribution in [1.82, 2.24) is 15.2 Å². The third-order valence-electron chi connectivity index (χ3n) is 4.17. The molecule has 1 N–H and O–H groups in total. The fraction of sp³-hybridized carbons (Fsp3) is 0.316. The number of nitrogens with one attached hydrogen (secondary N) is 1. The molecule has 1 aliphatic heterocycles. The number of hydrogen-bond donors (Lipinski definition) is 1. The van der Waals surface area contributed by atoms with Crippen molar-refractivity contribution < 1.29 is 19.1 Å². The van der Waals surface area contributed by atoms with Crippen molar-refractivity contribution in [1.29, 1.82) is 0 Å². The Balaban J connectivity index is 1.67. The van der Waals surface area contributed by atoms with Crippen LogP contribution in [-0.2, 0) is 11.3 Å². The van der Waals surface area contributed by atoms with E-state index in [-0.39, 0.29) is 17.5 Å². The van der Waals surface area contributed by atoms with Crippen LogP contribution in [0.25, 0.3) is 0 Å². The Labute approximate surface area is 151 Å². The second kappa shape index (κ2) is 8.44. The number of nitrogens with zero attached hydrogens (tertiary/aromatic N) is 2. The standard InChI is InChI=1S/C19H21N3O4/c1-25-17-5-3-2-4-15(17)13-21-18(23)14-6-7-20-16(12-14)19(24)22-8-10-26-11-9-22/h2-7,12H,8-11,13H2,1H3,(H,21,23). The number of pyridine rings is 1. The van der Waals surface area contributed by atoms with Gasteiger partial charge < -0.3 is 19.7 Å². The third-order valence-corrected chi connectivity index (χ3v) is 4.17. The van der Waals surface area contributed by atoms with E-state index in [4.69, 9.17) is 9.47 Å². The van der Waals surface area contributed by atoms with Crippen LogP contribution in [0.4, 0.5) is 0 Å². The topological polar surface area (TPSA) is 80.8 Å². The zero-order chi connectivity index (χ0) is 18.4. The molecule has 1 aliphatic rings. The minimum Gasteiger partial charge on any atom is -0.496 e. The van der Waals surface area contributed by atoms with Crippen molar-refractivity contribution in [2.24, 2.45) is 0 Å². The van der Waals surface area contributed by atoms with Gasteiger partial charge >= 0.3 is 0 Å². The first-order valence-electron chi connectivity index (χ1n) is 8.42. The monoisotopic (exact) mass is 355 g/mol. The van der Waals surface area contributed by atoms with Gasteiger partial charge in [0.1, 0.15) is 11.4 Å². The van der Waals surface area contributed by atoms with Gasteiger partial charge in [-0.25, -0.2) is 0 Å². The zero-order valence-corrected chi connectivity index (χ0v) is 14.6. The van der Waals surface area contributed by atoms with Crippen LogP contribution in [0.3, 0.4) is 0 Å². The van der Waals surface area contributed by atoms with Crippen LogP contribution in [0.5, 0.6) is 5.75 Å². The molecule has 0 radical (unpaired) electrons. The molecule has 0 saturated carbocycles. The third kappa shape index (κ3) is 4.18. The van der Waals surface area contributed by atoms with Gasteiger partial charge in [0.15, 0.2) is 0 Å². The van der Waals surface area contributed by atoms with Gasteiger partial charge in [-0.2, -0.15) is 0 Å². The molecule has 26 heavy (non-hydrogen) atoms. The van der Waals surface area contributed by atoms with E-state index in [2.05, 4.69) is 10.3 Å². The van der Waals surface area contributed by atoms with Gasteiger partial charge in [-0.05, 0) is 18.2 Å². The average Bonchev–Trinajstić information content (AvgIpc) is 2.72. The first kappa shape index (κ1) is 17.9. The van der Waals surface area contributed by atoms with Crippen molar-refractivity contribution in [2.45, 2.75) is 6.54 Å². The van der Waals surface area contributed by atoms with Crippen molar-refractivity contribution in [3.8, 4) is 5.75 Å². The highest BCUT2D eigenvalue weighted by molar-refractivity contribution is 5.98. The first-order valence-corrected chi connectivity index (χ1v) is 8.42. The number of para-hydroxylation sites is 1. The highest BCUT2D eigenvalue weighted by atomic mass is 16.5. The van der Waals surface area contributed by atoms with Crippen molar-refractivity contribution in [3.63, 3.8) is 0 Å². The Bertz CT molecular complexity index is 788. The molecule has 0 atom stereocenters. The SMILES string of the molecule is COc1ccccc1CNC(=O)c1ccnc(C(=O)N2CCOCC2)c1. The molecule has 1 aromatic heterocycles. The largest absolute Gasteiger partial charge is 0.496 e. The van der Waals surface area contributed by atoms with Gasteiger partial charge in [0.05, 0.1) is 20.3 Å². The number of ether oxygens (including phenoxy) is 2. The summed E-state index contributed by atoms with van der Waals surface area (Å²) >= 11 is 0. The minimum absolute atomic E-state index is 0.187. The minimum atomic E-state index is -0.269. The highest BCUT2D eigenvalue weighted by Crippen LogP contribution is 2.17. The smallest absolute Gasteiger partial charge is 0.272 e. The van der Waals surface area contributed by atoms with Crippen molar-refractivity contribution in [2.75, 3.05) is 33.4 Å². The Morgan fingerprint density at radius 1 is 1.23 bits per heavy atom. The zero-order valence-electron chi connectivity index (χ0n) is 14.6. The number of benzene rings is 1. The molecule has 136 valence electrons. The maximum atomic E-state index is 12.5. The van der Waals surface area contributed by atoms with E-state index < -0.39 is 0 Å². The number of methoxy groups -OCH3 is 1. The summed E-state index contributed by atoms with van der Waals surface area (Å²) in [5.41, 5.74) is 1.53. The molecule has 3 rings (SSSR count). The fourth-order valence-electron chi connectivity index (χ4n) is 2.74. The van der Waals surface area contributed by atoms with Gasteiger partial charge in [0, 0.05) is 37.0 Å². The van der Waals surface area contributed by atoms with Gasteiger partial charge in [-0.15, -0.1) is 0 Å². The number of hydrogen-bond acceptors (Lipinski definition) is 5. The fourth-order valence-corrected chi connectivity index (χ4v) is 2.74. The van der Waals surface area contributed by atoms with Crippen LogP contribution in [0, 0.1) is 0 Å². The number of aromatic nitrogens is 1. The van der Waals surface area contributed by atoms with Crippen molar-refractivity contribution in [3.05, 3.63) is 59.4 Å². The number of morpholine rings is 1. The van der Waals surface area contributed by atoms with E-state index in [0.717, 1.165) is 5.56 Å². The van der Waals surface area contributed by atoms with E-state index in [9.17, 15) is 9.59 Å². The van der Waals surface area contributed by atoms with Gasteiger partial charge in [0.2, 0.25) is 0 Å². The maximum absolute atomic E-state index is 12.5. The van der Waals surface area contributed by atoms with Crippen LogP contribution >= 0.6 is 0 Å². The Morgan fingerprint density at radius 2 is 2.00 bits per heavy atom. The van der Waals surface area contributed by atoms with Crippen molar-refractivity contribution >= 4 is 11.8 Å². The summed E-state index contributed by atoms with van der Waals surface area (Å²) in [4.78, 5) is 30.7. The molecular weight excluding hydrogens is 334 g/mol. The lowest BCUT2D eigenvalue weighted by Crippen LogP contribution is -2.41. The van der Waals surface area contributed by atoms with Crippen LogP contribution in [-0.4, -0.2) is 55.1 Å². The van der Waals surface area contributed by atoms with E-state index in [1.54, 1.807) is 18.1 Å². The number of amides is 2. The number of carbonyl (C=O) groups is 2. The lowest BCUT2D eigenvalue weighted by atomic mass is 10.1. The highest BCUT2D eigenvalue weighted by Gasteiger charge is 2.20. The molecule has 1 aromatic carbocycles. The number of carbonyl (C=O) groups excluding carboxylic acids is 2. The molecule has 0 aliphatic carbocycles. The predicted molar refractivity (Wildman–Crippen MR) is 95.1 cm³/mol. The Hall–Kier alpha value is -2.93. The van der Waals surface area contributed by atoms with E-state index in [0.29, 0.717) is 44.2 Å². The predicted octanol–water partition coefficient (Wildman–Crippen LogP) is 1.49. The first-order chi connectivity index (χ1) is 12.7. The van der Waals surface area contributed by atoms with Crippen LogP contribution in [0.15, 0.2) is 42.6 Å². The molecule has 2 heterocycles. The Kier molecular flexibility index (Phi) is 5.80. The molecule has 1 fully saturated rings. The molecule has 0 unspecified atom stereocenters. The van der Waals surface area contributed by atoms with Crippen LogP contribution < -0.4 is 10.1 Å². The molecule has 0 bridgehead atoms. The summed E-state index contributed by atoms with van der Waals surface area (Å²) in [7, 11) is 1.59. The van der Waals surface area contributed by atoms with Gasteiger partial charge in [-0.3, -0.25) is 14.6 Å². The molecule has 0 spiro atoms. The van der Waals surface area contributed by atoms with Crippen LogP contribution in [0.1, 0.15) is 26.4 Å². The summed E-state index contributed by atoms with van der Waals surface area (Å²) < 4.78 is 10.5. The molecule has 7 heteroatoms. The summed E-state index contributed by atoms with van der Waals surface area (Å²) in [6, 6.07) is 10.6. The summed E-state index contributed by atoms with van der Waals surface area (Å²) in [5, 5.41) is 2.84. The van der Waals surface area contributed by atoms with E-state index >= 15 is 0 Å². The normalized spacial score (nSPS) is 14.0. The van der Waals surface area contributed by atoms with E-state index in [1.807, 2.05) is 24.3 Å². The molecule has 7 nitrogen and oxygen atoms in total. The van der Waals surface area contributed by atoms with Gasteiger partial charge in [-0.1, -0.05) is 18.2 Å².